The quantitative estimate of drug-likeness (QED) is 0.679. The molecule has 1 rings (SSSR count). The van der Waals surface area contributed by atoms with Gasteiger partial charge < -0.3 is 10.2 Å². The molecule has 0 bridgehead atoms. The number of aromatic hydroxyl groups is 1. The van der Waals surface area contributed by atoms with Gasteiger partial charge in [0.15, 0.2) is 0 Å². The molecule has 1 aromatic rings. The van der Waals surface area contributed by atoms with Crippen molar-refractivity contribution in [2.24, 2.45) is 0 Å². The molecule has 11 heavy (non-hydrogen) atoms. The normalized spacial score (nSPS) is 12.9. The zero-order valence-electron chi connectivity index (χ0n) is 5.87. The minimum absolute atomic E-state index is 0.0126. The second-order valence-electron chi connectivity index (χ2n) is 2.25. The lowest BCUT2D eigenvalue weighted by molar-refractivity contribution is 0.179. The molecule has 1 atom stereocenters. The third-order valence-corrected chi connectivity index (χ3v) is 1.39. The van der Waals surface area contributed by atoms with Gasteiger partial charge in [0.25, 0.3) is 0 Å². The number of benzene rings is 1. The fraction of sp³-hybridized carbons (Fsp3) is 0.250. The lowest BCUT2D eigenvalue weighted by atomic mass is 10.1. The second kappa shape index (κ2) is 3.34. The van der Waals surface area contributed by atoms with Gasteiger partial charge >= 0.3 is 0 Å². The van der Waals surface area contributed by atoms with Crippen molar-refractivity contribution >= 4 is 0 Å². The van der Waals surface area contributed by atoms with Crippen molar-refractivity contribution in [1.29, 1.82) is 0 Å². The third kappa shape index (κ3) is 1.91. The van der Waals surface area contributed by atoms with Gasteiger partial charge in [-0.25, -0.2) is 4.39 Å². The molecule has 0 radical (unpaired) electrons. The van der Waals surface area contributed by atoms with E-state index in [-0.39, 0.29) is 5.75 Å². The van der Waals surface area contributed by atoms with E-state index in [1.54, 1.807) is 0 Å². The zero-order chi connectivity index (χ0) is 8.27. The summed E-state index contributed by atoms with van der Waals surface area (Å²) in [6.45, 7) is -0.552. The number of aliphatic hydroxyl groups is 1. The van der Waals surface area contributed by atoms with Gasteiger partial charge in [0.1, 0.15) is 11.9 Å². The highest BCUT2D eigenvalue weighted by Gasteiger charge is 2.07. The van der Waals surface area contributed by atoms with Crippen molar-refractivity contribution in [2.45, 2.75) is 6.17 Å². The summed E-state index contributed by atoms with van der Waals surface area (Å²) in [6.07, 6.45) is -1.40. The van der Waals surface area contributed by atoms with Crippen LogP contribution in [0.2, 0.25) is 0 Å². The molecule has 60 valence electrons. The Bertz CT molecular complexity index is 237. The van der Waals surface area contributed by atoms with E-state index < -0.39 is 12.8 Å². The van der Waals surface area contributed by atoms with Gasteiger partial charge in [0, 0.05) is 0 Å². The lowest BCUT2D eigenvalue weighted by Gasteiger charge is -2.03. The molecule has 0 saturated heterocycles. The Morgan fingerprint density at radius 3 is 2.73 bits per heavy atom. The fourth-order valence-corrected chi connectivity index (χ4v) is 0.825. The summed E-state index contributed by atoms with van der Waals surface area (Å²) >= 11 is 0. The maximum absolute atomic E-state index is 12.7. The highest BCUT2D eigenvalue weighted by atomic mass is 19.1. The highest BCUT2D eigenvalue weighted by Crippen LogP contribution is 2.20. The molecule has 0 fully saturated rings. The summed E-state index contributed by atoms with van der Waals surface area (Å²) < 4.78 is 12.7. The van der Waals surface area contributed by atoms with E-state index in [2.05, 4.69) is 0 Å². The Labute approximate surface area is 63.9 Å². The molecule has 0 aliphatic carbocycles. The van der Waals surface area contributed by atoms with Crippen molar-refractivity contribution in [3.05, 3.63) is 29.8 Å². The van der Waals surface area contributed by atoms with Crippen LogP contribution in [0.4, 0.5) is 4.39 Å². The summed E-state index contributed by atoms with van der Waals surface area (Å²) in [5, 5.41) is 17.3. The van der Waals surface area contributed by atoms with E-state index in [1.165, 1.54) is 24.3 Å². The molecule has 0 aliphatic rings. The Kier molecular flexibility index (Phi) is 2.44. The molecular weight excluding hydrogens is 147 g/mol. The van der Waals surface area contributed by atoms with Gasteiger partial charge in [-0.3, -0.25) is 0 Å². The molecule has 0 heterocycles. The molecule has 1 aromatic carbocycles. The molecule has 0 saturated carbocycles. The first-order valence-corrected chi connectivity index (χ1v) is 3.28. The molecule has 2 nitrogen and oxygen atoms in total. The van der Waals surface area contributed by atoms with Crippen LogP contribution < -0.4 is 0 Å². The van der Waals surface area contributed by atoms with E-state index >= 15 is 0 Å². The Morgan fingerprint density at radius 1 is 1.45 bits per heavy atom. The first-order chi connectivity index (χ1) is 5.24. The molecule has 0 amide bonds. The van der Waals surface area contributed by atoms with Crippen molar-refractivity contribution in [3.63, 3.8) is 0 Å². The third-order valence-electron chi connectivity index (χ3n) is 1.39. The van der Waals surface area contributed by atoms with Crippen LogP contribution in [-0.2, 0) is 0 Å². The molecule has 3 heteroatoms. The number of rotatable bonds is 2. The van der Waals surface area contributed by atoms with Gasteiger partial charge in [-0.05, 0) is 17.7 Å². The summed E-state index contributed by atoms with van der Waals surface area (Å²) in [4.78, 5) is 0. The SMILES string of the molecule is OCC(F)c1cccc(O)c1. The first kappa shape index (κ1) is 8.01. The Balaban J connectivity index is 2.86. The lowest BCUT2D eigenvalue weighted by Crippen LogP contribution is -1.95. The Hall–Kier alpha value is -1.09. The van der Waals surface area contributed by atoms with E-state index in [1.807, 2.05) is 0 Å². The number of phenolic OH excluding ortho intramolecular Hbond substituents is 1. The first-order valence-electron chi connectivity index (χ1n) is 3.28. The monoisotopic (exact) mass is 156 g/mol. The van der Waals surface area contributed by atoms with Gasteiger partial charge in [-0.1, -0.05) is 12.1 Å². The fourth-order valence-electron chi connectivity index (χ4n) is 0.825. The topological polar surface area (TPSA) is 40.5 Å². The van der Waals surface area contributed by atoms with E-state index in [0.717, 1.165) is 0 Å². The van der Waals surface area contributed by atoms with E-state index in [9.17, 15) is 4.39 Å². The van der Waals surface area contributed by atoms with Crippen LogP contribution in [0.25, 0.3) is 0 Å². The predicted molar refractivity (Wildman–Crippen MR) is 39.0 cm³/mol. The molecule has 0 aromatic heterocycles. The van der Waals surface area contributed by atoms with Crippen LogP contribution in [0.5, 0.6) is 5.75 Å². The summed E-state index contributed by atoms with van der Waals surface area (Å²) in [6, 6.07) is 5.79. The van der Waals surface area contributed by atoms with Crippen LogP contribution in [0.1, 0.15) is 11.7 Å². The van der Waals surface area contributed by atoms with Crippen LogP contribution in [0, 0.1) is 0 Å². The molecule has 1 unspecified atom stereocenters. The predicted octanol–water partition coefficient (Wildman–Crippen LogP) is 1.40. The summed E-state index contributed by atoms with van der Waals surface area (Å²) in [7, 11) is 0. The van der Waals surface area contributed by atoms with E-state index in [4.69, 9.17) is 10.2 Å². The number of aliphatic hydroxyl groups excluding tert-OH is 1. The summed E-state index contributed by atoms with van der Waals surface area (Å²) in [5.74, 6) is 0.0126. The maximum atomic E-state index is 12.7. The molecule has 0 spiro atoms. The van der Waals surface area contributed by atoms with Crippen molar-refractivity contribution in [1.82, 2.24) is 0 Å². The zero-order valence-corrected chi connectivity index (χ0v) is 5.87. The van der Waals surface area contributed by atoms with Gasteiger partial charge in [0.05, 0.1) is 6.61 Å². The minimum atomic E-state index is -1.40. The molecular formula is C8H9FO2. The molecule has 2 N–H and O–H groups in total. The number of phenols is 1. The standard InChI is InChI=1S/C8H9FO2/c9-8(5-10)6-2-1-3-7(11)4-6/h1-4,8,10-11H,5H2. The van der Waals surface area contributed by atoms with Crippen LogP contribution in [-0.4, -0.2) is 16.8 Å². The minimum Gasteiger partial charge on any atom is -0.508 e. The van der Waals surface area contributed by atoms with Crippen molar-refractivity contribution < 1.29 is 14.6 Å². The highest BCUT2D eigenvalue weighted by molar-refractivity contribution is 5.28. The average molecular weight is 156 g/mol. The Morgan fingerprint density at radius 2 is 2.18 bits per heavy atom. The summed E-state index contributed by atoms with van der Waals surface area (Å²) in [5.41, 5.74) is 0.299. The number of alkyl halides is 1. The second-order valence-corrected chi connectivity index (χ2v) is 2.25. The smallest absolute Gasteiger partial charge is 0.148 e. The van der Waals surface area contributed by atoms with Crippen LogP contribution >= 0.6 is 0 Å². The van der Waals surface area contributed by atoms with E-state index in [0.29, 0.717) is 5.56 Å². The number of hydrogen-bond donors (Lipinski definition) is 2. The van der Waals surface area contributed by atoms with Crippen molar-refractivity contribution in [2.75, 3.05) is 6.61 Å². The number of halogens is 1. The van der Waals surface area contributed by atoms with Gasteiger partial charge in [-0.15, -0.1) is 0 Å². The van der Waals surface area contributed by atoms with Gasteiger partial charge in [0.2, 0.25) is 0 Å². The largest absolute Gasteiger partial charge is 0.508 e. The number of hydrogen-bond acceptors (Lipinski definition) is 2. The van der Waals surface area contributed by atoms with Gasteiger partial charge in [-0.2, -0.15) is 0 Å². The molecule has 0 aliphatic heterocycles. The van der Waals surface area contributed by atoms with Crippen LogP contribution in [0.3, 0.4) is 0 Å². The maximum Gasteiger partial charge on any atom is 0.148 e. The van der Waals surface area contributed by atoms with Crippen LogP contribution in [0.15, 0.2) is 24.3 Å². The van der Waals surface area contributed by atoms with Crippen molar-refractivity contribution in [3.8, 4) is 5.75 Å². The average Bonchev–Trinajstić information content (AvgIpc) is 2.03.